The van der Waals surface area contributed by atoms with Crippen LogP contribution in [0.4, 0.5) is 4.79 Å². The van der Waals surface area contributed by atoms with Crippen molar-refractivity contribution < 1.29 is 19.4 Å². The van der Waals surface area contributed by atoms with Crippen LogP contribution in [0.3, 0.4) is 0 Å². The largest absolute Gasteiger partial charge is 0.480 e. The molecule has 0 bridgehead atoms. The summed E-state index contributed by atoms with van der Waals surface area (Å²) in [7, 11) is 0. The Morgan fingerprint density at radius 2 is 1.36 bits per heavy atom. The molecular formula is C28H29NO4. The van der Waals surface area contributed by atoms with Crippen LogP contribution in [0.2, 0.25) is 0 Å². The number of hydrogen-bond donors (Lipinski definition) is 2. The number of ether oxygens (including phenoxy) is 1. The summed E-state index contributed by atoms with van der Waals surface area (Å²) >= 11 is 0. The van der Waals surface area contributed by atoms with E-state index in [9.17, 15) is 14.7 Å². The van der Waals surface area contributed by atoms with Crippen molar-refractivity contribution in [2.24, 2.45) is 5.92 Å². The molecule has 4 rings (SSSR count). The van der Waals surface area contributed by atoms with Gasteiger partial charge in [0.25, 0.3) is 0 Å². The smallest absolute Gasteiger partial charge is 0.407 e. The van der Waals surface area contributed by atoms with E-state index in [2.05, 4.69) is 31.3 Å². The molecule has 2 N–H and O–H groups in total. The summed E-state index contributed by atoms with van der Waals surface area (Å²) in [6.07, 6.45) is 0.447. The van der Waals surface area contributed by atoms with Crippen LogP contribution in [0.15, 0.2) is 72.8 Å². The Hall–Kier alpha value is -3.60. The van der Waals surface area contributed by atoms with Crippen LogP contribution in [0.1, 0.15) is 42.0 Å². The Labute approximate surface area is 194 Å². The van der Waals surface area contributed by atoms with Crippen molar-refractivity contribution >= 4 is 12.1 Å². The number of carboxylic acid groups (broad SMARTS) is 1. The van der Waals surface area contributed by atoms with Gasteiger partial charge in [-0.3, -0.25) is 0 Å². The second-order valence-corrected chi connectivity index (χ2v) is 8.98. The highest BCUT2D eigenvalue weighted by Gasteiger charge is 2.29. The van der Waals surface area contributed by atoms with Gasteiger partial charge in [-0.15, -0.1) is 0 Å². The number of rotatable bonds is 8. The summed E-state index contributed by atoms with van der Waals surface area (Å²) in [6, 6.07) is 23.0. The number of hydrogen-bond acceptors (Lipinski definition) is 3. The van der Waals surface area contributed by atoms with Gasteiger partial charge < -0.3 is 15.2 Å². The van der Waals surface area contributed by atoms with E-state index in [0.29, 0.717) is 5.92 Å². The van der Waals surface area contributed by atoms with E-state index in [-0.39, 0.29) is 18.9 Å². The normalized spacial score (nSPS) is 13.3. The van der Waals surface area contributed by atoms with Crippen LogP contribution < -0.4 is 5.32 Å². The SMILES string of the molecule is CC(C)Cc1ccc(CC(NC(=O)OCC2c3ccccc3-c3ccccc32)C(=O)O)cc1. The standard InChI is InChI=1S/C28H29NO4/c1-18(2)15-19-11-13-20(14-12-19)16-26(27(30)31)29-28(32)33-17-25-23-9-5-3-7-21(23)22-8-4-6-10-24(22)25/h3-14,18,25-26H,15-17H2,1-2H3,(H,29,32)(H,30,31). The van der Waals surface area contributed by atoms with Crippen molar-refractivity contribution in [3.05, 3.63) is 95.1 Å². The zero-order chi connectivity index (χ0) is 23.4. The van der Waals surface area contributed by atoms with Crippen molar-refractivity contribution in [3.8, 4) is 11.1 Å². The molecule has 1 atom stereocenters. The third kappa shape index (κ3) is 5.25. The van der Waals surface area contributed by atoms with E-state index >= 15 is 0 Å². The number of amides is 1. The van der Waals surface area contributed by atoms with E-state index < -0.39 is 18.1 Å². The van der Waals surface area contributed by atoms with E-state index in [1.807, 2.05) is 60.7 Å². The first-order valence-electron chi connectivity index (χ1n) is 11.3. The van der Waals surface area contributed by atoms with E-state index in [4.69, 9.17) is 4.74 Å². The van der Waals surface area contributed by atoms with Gasteiger partial charge in [-0.05, 0) is 45.7 Å². The maximum atomic E-state index is 12.5. The maximum absolute atomic E-state index is 12.5. The summed E-state index contributed by atoms with van der Waals surface area (Å²) in [5.41, 5.74) is 6.59. The third-order valence-corrected chi connectivity index (χ3v) is 6.04. The first kappa shape index (κ1) is 22.6. The van der Waals surface area contributed by atoms with Crippen molar-refractivity contribution in [3.63, 3.8) is 0 Å². The molecule has 0 radical (unpaired) electrons. The highest BCUT2D eigenvalue weighted by Crippen LogP contribution is 2.44. The number of nitrogens with one attached hydrogen (secondary N) is 1. The number of fused-ring (bicyclic) bond motifs is 3. The van der Waals surface area contributed by atoms with Crippen LogP contribution in [-0.2, 0) is 22.4 Å². The van der Waals surface area contributed by atoms with E-state index in [1.54, 1.807) is 0 Å². The minimum absolute atomic E-state index is 0.0695. The molecule has 1 amide bonds. The number of carbonyl (C=O) groups is 2. The zero-order valence-electron chi connectivity index (χ0n) is 19.0. The molecule has 1 aliphatic carbocycles. The summed E-state index contributed by atoms with van der Waals surface area (Å²) in [6.45, 7) is 4.47. The summed E-state index contributed by atoms with van der Waals surface area (Å²) in [5.74, 6) is -0.604. The molecule has 3 aromatic carbocycles. The van der Waals surface area contributed by atoms with Gasteiger partial charge in [0.1, 0.15) is 12.6 Å². The van der Waals surface area contributed by atoms with Crippen molar-refractivity contribution in [2.45, 2.75) is 38.6 Å². The fourth-order valence-corrected chi connectivity index (χ4v) is 4.50. The maximum Gasteiger partial charge on any atom is 0.407 e. The minimum atomic E-state index is -1.09. The van der Waals surface area contributed by atoms with Gasteiger partial charge in [0, 0.05) is 12.3 Å². The molecule has 33 heavy (non-hydrogen) atoms. The lowest BCUT2D eigenvalue weighted by atomic mass is 9.98. The predicted molar refractivity (Wildman–Crippen MR) is 128 cm³/mol. The average Bonchev–Trinajstić information content (AvgIpc) is 3.12. The van der Waals surface area contributed by atoms with E-state index in [1.165, 1.54) is 5.56 Å². The van der Waals surface area contributed by atoms with Gasteiger partial charge >= 0.3 is 12.1 Å². The molecule has 0 aromatic heterocycles. The Bertz CT molecular complexity index is 1090. The molecule has 1 aliphatic rings. The van der Waals surface area contributed by atoms with Gasteiger partial charge in [0.2, 0.25) is 0 Å². The lowest BCUT2D eigenvalue weighted by Gasteiger charge is -2.18. The van der Waals surface area contributed by atoms with Crippen molar-refractivity contribution in [1.29, 1.82) is 0 Å². The van der Waals surface area contributed by atoms with Crippen LogP contribution in [0.5, 0.6) is 0 Å². The van der Waals surface area contributed by atoms with Gasteiger partial charge in [0.15, 0.2) is 0 Å². The quantitative estimate of drug-likeness (QED) is 0.487. The fraction of sp³-hybridized carbons (Fsp3) is 0.286. The summed E-state index contributed by atoms with van der Waals surface area (Å²) < 4.78 is 5.51. The number of carbonyl (C=O) groups excluding carboxylic acids is 1. The molecule has 3 aromatic rings. The number of alkyl carbamates (subject to hydrolysis) is 1. The minimum Gasteiger partial charge on any atom is -0.480 e. The Balaban J connectivity index is 1.39. The molecule has 0 heterocycles. The molecule has 0 saturated carbocycles. The molecule has 0 spiro atoms. The third-order valence-electron chi connectivity index (χ3n) is 6.04. The fourth-order valence-electron chi connectivity index (χ4n) is 4.50. The second kappa shape index (κ2) is 9.90. The second-order valence-electron chi connectivity index (χ2n) is 8.98. The first-order valence-corrected chi connectivity index (χ1v) is 11.3. The molecule has 1 unspecified atom stereocenters. The highest BCUT2D eigenvalue weighted by atomic mass is 16.5. The highest BCUT2D eigenvalue weighted by molar-refractivity contribution is 5.81. The van der Waals surface area contributed by atoms with Crippen LogP contribution in [0.25, 0.3) is 11.1 Å². The number of aliphatic carboxylic acids is 1. The average molecular weight is 444 g/mol. The molecule has 0 saturated heterocycles. The zero-order valence-corrected chi connectivity index (χ0v) is 19.0. The number of benzene rings is 3. The van der Waals surface area contributed by atoms with Crippen molar-refractivity contribution in [2.75, 3.05) is 6.61 Å². The van der Waals surface area contributed by atoms with Gasteiger partial charge in [-0.2, -0.15) is 0 Å². The van der Waals surface area contributed by atoms with Gasteiger partial charge in [-0.25, -0.2) is 9.59 Å². The summed E-state index contributed by atoms with van der Waals surface area (Å²) in [4.78, 5) is 24.3. The molecule has 5 heteroatoms. The number of carboxylic acids is 1. The van der Waals surface area contributed by atoms with E-state index in [0.717, 1.165) is 34.2 Å². The lowest BCUT2D eigenvalue weighted by molar-refractivity contribution is -0.139. The first-order chi connectivity index (χ1) is 15.9. The summed E-state index contributed by atoms with van der Waals surface area (Å²) in [5, 5.41) is 12.1. The molecule has 170 valence electrons. The van der Waals surface area contributed by atoms with Gasteiger partial charge in [0.05, 0.1) is 0 Å². The molecule has 0 fully saturated rings. The predicted octanol–water partition coefficient (Wildman–Crippen LogP) is 5.42. The topological polar surface area (TPSA) is 75.6 Å². The Morgan fingerprint density at radius 1 is 0.848 bits per heavy atom. The molecule has 5 nitrogen and oxygen atoms in total. The van der Waals surface area contributed by atoms with Gasteiger partial charge in [-0.1, -0.05) is 86.6 Å². The monoisotopic (exact) mass is 443 g/mol. The molecule has 0 aliphatic heterocycles. The van der Waals surface area contributed by atoms with Crippen LogP contribution in [0, 0.1) is 5.92 Å². The van der Waals surface area contributed by atoms with Crippen LogP contribution >= 0.6 is 0 Å². The lowest BCUT2D eigenvalue weighted by Crippen LogP contribution is -2.42. The Kier molecular flexibility index (Phi) is 6.78. The molecular weight excluding hydrogens is 414 g/mol. The Morgan fingerprint density at radius 3 is 1.88 bits per heavy atom. The van der Waals surface area contributed by atoms with Crippen LogP contribution in [-0.4, -0.2) is 29.8 Å². The van der Waals surface area contributed by atoms with Crippen molar-refractivity contribution in [1.82, 2.24) is 5.32 Å².